The summed E-state index contributed by atoms with van der Waals surface area (Å²) in [6.45, 7) is -2.96. The van der Waals surface area contributed by atoms with E-state index in [2.05, 4.69) is 19.8 Å². The van der Waals surface area contributed by atoms with Crippen molar-refractivity contribution in [3.8, 4) is 5.75 Å². The summed E-state index contributed by atoms with van der Waals surface area (Å²) in [4.78, 5) is 27.3. The summed E-state index contributed by atoms with van der Waals surface area (Å²) in [6, 6.07) is 5.40. The van der Waals surface area contributed by atoms with E-state index in [1.165, 1.54) is 31.4 Å². The number of amides is 1. The minimum absolute atomic E-state index is 0.000579. The van der Waals surface area contributed by atoms with Gasteiger partial charge < -0.3 is 9.47 Å². The van der Waals surface area contributed by atoms with Crippen LogP contribution < -0.4 is 10.1 Å². The number of hydrogen-bond acceptors (Lipinski definition) is 6. The molecule has 0 aliphatic rings. The molecular formula is C14H12F2N2O4S. The van der Waals surface area contributed by atoms with Gasteiger partial charge in [-0.15, -0.1) is 11.3 Å². The highest BCUT2D eigenvalue weighted by Crippen LogP contribution is 2.19. The van der Waals surface area contributed by atoms with E-state index in [0.717, 1.165) is 11.3 Å². The lowest BCUT2D eigenvalue weighted by molar-refractivity contribution is -0.139. The van der Waals surface area contributed by atoms with Crippen LogP contribution in [0.4, 0.5) is 13.9 Å². The molecule has 6 nitrogen and oxygen atoms in total. The van der Waals surface area contributed by atoms with Crippen molar-refractivity contribution in [2.24, 2.45) is 0 Å². The van der Waals surface area contributed by atoms with Gasteiger partial charge in [0.05, 0.1) is 19.2 Å². The van der Waals surface area contributed by atoms with Crippen molar-refractivity contribution in [1.82, 2.24) is 4.98 Å². The molecular weight excluding hydrogens is 330 g/mol. The number of carbonyl (C=O) groups excluding carboxylic acids is 2. The van der Waals surface area contributed by atoms with E-state index >= 15 is 0 Å². The molecule has 0 aliphatic heterocycles. The summed E-state index contributed by atoms with van der Waals surface area (Å²) in [5.41, 5.74) is 0.611. The highest BCUT2D eigenvalue weighted by molar-refractivity contribution is 7.14. The molecule has 122 valence electrons. The maximum absolute atomic E-state index is 12.2. The Hall–Kier alpha value is -2.55. The van der Waals surface area contributed by atoms with Crippen LogP contribution in [-0.2, 0) is 16.0 Å². The Morgan fingerprint density at radius 1 is 1.39 bits per heavy atom. The zero-order valence-corrected chi connectivity index (χ0v) is 12.7. The SMILES string of the molecule is COC(=O)Cc1csc(NC(=O)c2cccc(OC(F)F)c2)n1. The molecule has 1 N–H and O–H groups in total. The molecule has 9 heteroatoms. The highest BCUT2D eigenvalue weighted by atomic mass is 32.1. The predicted molar refractivity (Wildman–Crippen MR) is 78.9 cm³/mol. The lowest BCUT2D eigenvalue weighted by atomic mass is 10.2. The number of esters is 1. The van der Waals surface area contributed by atoms with Crippen LogP contribution in [0.2, 0.25) is 0 Å². The van der Waals surface area contributed by atoms with Crippen LogP contribution >= 0.6 is 11.3 Å². The van der Waals surface area contributed by atoms with Gasteiger partial charge in [-0.1, -0.05) is 6.07 Å². The first-order valence-corrected chi connectivity index (χ1v) is 7.23. The molecule has 1 aromatic heterocycles. The third kappa shape index (κ3) is 4.99. The molecule has 0 saturated heterocycles. The number of nitrogens with one attached hydrogen (secondary N) is 1. The quantitative estimate of drug-likeness (QED) is 0.817. The Balaban J connectivity index is 2.03. The third-order valence-electron chi connectivity index (χ3n) is 2.65. The van der Waals surface area contributed by atoms with Crippen molar-refractivity contribution in [3.63, 3.8) is 0 Å². The molecule has 1 aromatic carbocycles. The van der Waals surface area contributed by atoms with E-state index in [0.29, 0.717) is 5.69 Å². The molecule has 2 rings (SSSR count). The molecule has 1 heterocycles. The number of aromatic nitrogens is 1. The van der Waals surface area contributed by atoms with E-state index in [1.54, 1.807) is 5.38 Å². The summed E-state index contributed by atoms with van der Waals surface area (Å²) >= 11 is 1.14. The fraction of sp³-hybridized carbons (Fsp3) is 0.214. The molecule has 0 aliphatic carbocycles. The molecule has 0 atom stereocenters. The third-order valence-corrected chi connectivity index (χ3v) is 3.45. The van der Waals surface area contributed by atoms with E-state index in [-0.39, 0.29) is 22.9 Å². The first kappa shape index (κ1) is 16.8. The molecule has 2 aromatic rings. The second-order valence-corrected chi connectivity index (χ2v) is 5.12. The van der Waals surface area contributed by atoms with E-state index in [4.69, 9.17) is 0 Å². The van der Waals surface area contributed by atoms with Gasteiger partial charge in [0.2, 0.25) is 0 Å². The Kier molecular flexibility index (Phi) is 5.58. The number of alkyl halides is 2. The minimum Gasteiger partial charge on any atom is -0.469 e. The summed E-state index contributed by atoms with van der Waals surface area (Å²) in [7, 11) is 1.27. The van der Waals surface area contributed by atoms with Gasteiger partial charge in [0.1, 0.15) is 5.75 Å². The number of carbonyl (C=O) groups is 2. The van der Waals surface area contributed by atoms with E-state index < -0.39 is 18.5 Å². The standard InChI is InChI=1S/C14H12F2N2O4S/c1-21-11(19)6-9-7-23-14(17-9)18-12(20)8-3-2-4-10(5-8)22-13(15)16/h2-5,7,13H,6H2,1H3,(H,17,18,20). The van der Waals surface area contributed by atoms with Crippen molar-refractivity contribution in [2.75, 3.05) is 12.4 Å². The van der Waals surface area contributed by atoms with Crippen LogP contribution in [0, 0.1) is 0 Å². The van der Waals surface area contributed by atoms with Crippen molar-refractivity contribution in [3.05, 3.63) is 40.9 Å². The Bertz CT molecular complexity index is 706. The molecule has 0 unspecified atom stereocenters. The summed E-state index contributed by atoms with van der Waals surface area (Å²) in [5, 5.41) is 4.42. The van der Waals surface area contributed by atoms with Gasteiger partial charge in [-0.2, -0.15) is 8.78 Å². The lowest BCUT2D eigenvalue weighted by Crippen LogP contribution is -2.12. The predicted octanol–water partition coefficient (Wildman–Crippen LogP) is 2.71. The van der Waals surface area contributed by atoms with E-state index in [1.807, 2.05) is 0 Å². The smallest absolute Gasteiger partial charge is 0.387 e. The number of ether oxygens (including phenoxy) is 2. The lowest BCUT2D eigenvalue weighted by Gasteiger charge is -2.06. The number of hydrogen-bond donors (Lipinski definition) is 1. The van der Waals surface area contributed by atoms with E-state index in [9.17, 15) is 18.4 Å². The fourth-order valence-corrected chi connectivity index (χ4v) is 2.35. The van der Waals surface area contributed by atoms with Gasteiger partial charge >= 0.3 is 12.6 Å². The van der Waals surface area contributed by atoms with Crippen molar-refractivity contribution in [1.29, 1.82) is 0 Å². The first-order chi connectivity index (χ1) is 11.0. The first-order valence-electron chi connectivity index (χ1n) is 6.35. The molecule has 23 heavy (non-hydrogen) atoms. The summed E-state index contributed by atoms with van der Waals surface area (Å²) in [6.07, 6.45) is 0.000579. The topological polar surface area (TPSA) is 77.5 Å². The molecule has 1 amide bonds. The largest absolute Gasteiger partial charge is 0.469 e. The Morgan fingerprint density at radius 2 is 2.17 bits per heavy atom. The van der Waals surface area contributed by atoms with Gasteiger partial charge in [0, 0.05) is 10.9 Å². The molecule has 0 radical (unpaired) electrons. The zero-order valence-electron chi connectivity index (χ0n) is 11.9. The number of benzene rings is 1. The molecule has 0 fully saturated rings. The highest BCUT2D eigenvalue weighted by Gasteiger charge is 2.13. The number of halogens is 2. The van der Waals surface area contributed by atoms with Crippen molar-refractivity contribution in [2.45, 2.75) is 13.0 Å². The molecule has 0 spiro atoms. The number of anilines is 1. The number of rotatable bonds is 6. The Morgan fingerprint density at radius 3 is 2.87 bits per heavy atom. The van der Waals surface area contributed by atoms with Crippen LogP contribution in [0.15, 0.2) is 29.6 Å². The molecule has 0 bridgehead atoms. The average Bonchev–Trinajstić information content (AvgIpc) is 2.93. The second-order valence-electron chi connectivity index (χ2n) is 4.26. The number of nitrogens with zero attached hydrogens (tertiary/aromatic N) is 1. The maximum Gasteiger partial charge on any atom is 0.387 e. The Labute approximate surface area is 134 Å². The van der Waals surface area contributed by atoms with Crippen LogP contribution in [-0.4, -0.2) is 30.6 Å². The van der Waals surface area contributed by atoms with Gasteiger partial charge in [-0.25, -0.2) is 4.98 Å². The zero-order chi connectivity index (χ0) is 16.8. The van der Waals surface area contributed by atoms with Crippen molar-refractivity contribution < 1.29 is 27.8 Å². The van der Waals surface area contributed by atoms with Gasteiger partial charge in [-0.3, -0.25) is 14.9 Å². The van der Waals surface area contributed by atoms with Gasteiger partial charge in [0.25, 0.3) is 5.91 Å². The fourth-order valence-electron chi connectivity index (χ4n) is 1.65. The second kappa shape index (κ2) is 7.63. The van der Waals surface area contributed by atoms with Gasteiger partial charge in [-0.05, 0) is 18.2 Å². The van der Waals surface area contributed by atoms with Gasteiger partial charge in [0.15, 0.2) is 5.13 Å². The van der Waals surface area contributed by atoms with Crippen molar-refractivity contribution >= 4 is 28.3 Å². The van der Waals surface area contributed by atoms with Crippen LogP contribution in [0.1, 0.15) is 16.1 Å². The monoisotopic (exact) mass is 342 g/mol. The maximum atomic E-state index is 12.2. The minimum atomic E-state index is -2.96. The average molecular weight is 342 g/mol. The van der Waals surface area contributed by atoms with Crippen LogP contribution in [0.25, 0.3) is 0 Å². The number of thiazole rings is 1. The molecule has 0 saturated carbocycles. The number of methoxy groups -OCH3 is 1. The normalized spacial score (nSPS) is 10.4. The summed E-state index contributed by atoms with van der Waals surface area (Å²) < 4.78 is 33.1. The summed E-state index contributed by atoms with van der Waals surface area (Å²) in [5.74, 6) is -1.08. The van der Waals surface area contributed by atoms with Crippen LogP contribution in [0.5, 0.6) is 5.75 Å². The van der Waals surface area contributed by atoms with Crippen LogP contribution in [0.3, 0.4) is 0 Å².